The van der Waals surface area contributed by atoms with E-state index < -0.39 is 0 Å². The number of aromatic nitrogens is 2. The third-order valence-corrected chi connectivity index (χ3v) is 4.65. The van der Waals surface area contributed by atoms with E-state index in [1.54, 1.807) is 16.9 Å². The fourth-order valence-electron chi connectivity index (χ4n) is 1.71. The molecular formula is C14H16BrN3OS. The van der Waals surface area contributed by atoms with E-state index in [2.05, 4.69) is 26.3 Å². The van der Waals surface area contributed by atoms with Crippen molar-refractivity contribution in [2.45, 2.75) is 24.8 Å². The van der Waals surface area contributed by atoms with Gasteiger partial charge >= 0.3 is 0 Å². The average Bonchev–Trinajstić information content (AvgIpc) is 2.86. The van der Waals surface area contributed by atoms with Crippen molar-refractivity contribution in [3.05, 3.63) is 41.0 Å². The van der Waals surface area contributed by atoms with Gasteiger partial charge in [-0.3, -0.25) is 4.79 Å². The Kier molecular flexibility index (Phi) is 5.25. The van der Waals surface area contributed by atoms with Gasteiger partial charge in [0.25, 0.3) is 0 Å². The summed E-state index contributed by atoms with van der Waals surface area (Å²) >= 11 is 4.97. The topological polar surface area (TPSA) is 46.9 Å². The first-order valence-electron chi connectivity index (χ1n) is 6.28. The summed E-state index contributed by atoms with van der Waals surface area (Å²) in [5.41, 5.74) is 0. The highest BCUT2D eigenvalue weighted by molar-refractivity contribution is 9.10. The molecule has 0 fully saturated rings. The summed E-state index contributed by atoms with van der Waals surface area (Å²) in [4.78, 5) is 13.0. The third kappa shape index (κ3) is 3.86. The summed E-state index contributed by atoms with van der Waals surface area (Å²) < 4.78 is 2.80. The fraction of sp³-hybridized carbons (Fsp3) is 0.286. The SMILES string of the molecule is CC(C)n1nccc1NC(=O)CSc1ccccc1Br. The Morgan fingerprint density at radius 3 is 2.85 bits per heavy atom. The molecule has 0 bridgehead atoms. The number of carbonyl (C=O) groups is 1. The summed E-state index contributed by atoms with van der Waals surface area (Å²) in [6, 6.07) is 9.89. The number of rotatable bonds is 5. The Morgan fingerprint density at radius 2 is 2.15 bits per heavy atom. The van der Waals surface area contributed by atoms with Crippen molar-refractivity contribution < 1.29 is 4.79 Å². The molecule has 1 aromatic heterocycles. The molecule has 4 nitrogen and oxygen atoms in total. The second-order valence-corrected chi connectivity index (χ2v) is 6.39. The summed E-state index contributed by atoms with van der Waals surface area (Å²) in [5.74, 6) is 1.07. The molecule has 0 aliphatic rings. The van der Waals surface area contributed by atoms with Crippen LogP contribution in [-0.4, -0.2) is 21.4 Å². The maximum atomic E-state index is 12.0. The number of thioether (sulfide) groups is 1. The van der Waals surface area contributed by atoms with Gasteiger partial charge in [0.1, 0.15) is 5.82 Å². The minimum atomic E-state index is -0.0341. The number of hydrogen-bond donors (Lipinski definition) is 1. The van der Waals surface area contributed by atoms with Crippen LogP contribution in [0.4, 0.5) is 5.82 Å². The van der Waals surface area contributed by atoms with Gasteiger partial charge in [0.15, 0.2) is 0 Å². The van der Waals surface area contributed by atoms with Gasteiger partial charge in [0.05, 0.1) is 11.9 Å². The van der Waals surface area contributed by atoms with Gasteiger partial charge < -0.3 is 5.32 Å². The Labute approximate surface area is 131 Å². The maximum absolute atomic E-state index is 12.0. The normalized spacial score (nSPS) is 10.8. The molecule has 0 atom stereocenters. The summed E-state index contributed by atoms with van der Waals surface area (Å²) in [5, 5.41) is 7.08. The molecule has 1 amide bonds. The van der Waals surface area contributed by atoms with Crippen molar-refractivity contribution >= 4 is 39.4 Å². The first-order chi connectivity index (χ1) is 9.58. The molecule has 0 aliphatic carbocycles. The van der Waals surface area contributed by atoms with E-state index in [1.165, 1.54) is 11.8 Å². The van der Waals surface area contributed by atoms with Crippen LogP contribution in [0.25, 0.3) is 0 Å². The molecule has 2 rings (SSSR count). The molecule has 0 radical (unpaired) electrons. The molecule has 0 saturated heterocycles. The van der Waals surface area contributed by atoms with Crippen LogP contribution in [0.15, 0.2) is 45.9 Å². The number of nitrogens with zero attached hydrogens (tertiary/aromatic N) is 2. The van der Waals surface area contributed by atoms with Crippen molar-refractivity contribution in [1.82, 2.24) is 9.78 Å². The number of hydrogen-bond acceptors (Lipinski definition) is 3. The molecule has 6 heteroatoms. The molecule has 0 aliphatic heterocycles. The van der Waals surface area contributed by atoms with Gasteiger partial charge in [0.2, 0.25) is 5.91 Å². The fourth-order valence-corrected chi connectivity index (χ4v) is 3.08. The highest BCUT2D eigenvalue weighted by Gasteiger charge is 2.10. The number of carbonyl (C=O) groups excluding carboxylic acids is 1. The van der Waals surface area contributed by atoms with Gasteiger partial charge in [-0.2, -0.15) is 5.10 Å². The largest absolute Gasteiger partial charge is 0.310 e. The summed E-state index contributed by atoms with van der Waals surface area (Å²) in [7, 11) is 0. The predicted octanol–water partition coefficient (Wildman–Crippen LogP) is 3.96. The number of benzene rings is 1. The summed E-state index contributed by atoms with van der Waals surface area (Å²) in [6.45, 7) is 4.05. The first-order valence-corrected chi connectivity index (χ1v) is 8.06. The van der Waals surface area contributed by atoms with Crippen molar-refractivity contribution in [2.24, 2.45) is 0 Å². The molecule has 1 N–H and O–H groups in total. The van der Waals surface area contributed by atoms with Crippen LogP contribution in [0.2, 0.25) is 0 Å². The van der Waals surface area contributed by atoms with E-state index >= 15 is 0 Å². The molecule has 0 saturated carbocycles. The van der Waals surface area contributed by atoms with Crippen molar-refractivity contribution in [1.29, 1.82) is 0 Å². The van der Waals surface area contributed by atoms with E-state index in [1.807, 2.05) is 38.1 Å². The van der Waals surface area contributed by atoms with Gasteiger partial charge in [-0.1, -0.05) is 12.1 Å². The number of halogens is 1. The zero-order chi connectivity index (χ0) is 14.5. The average molecular weight is 354 g/mol. The Balaban J connectivity index is 1.93. The van der Waals surface area contributed by atoms with Crippen molar-refractivity contribution in [3.63, 3.8) is 0 Å². The highest BCUT2D eigenvalue weighted by atomic mass is 79.9. The van der Waals surface area contributed by atoms with Gasteiger partial charge in [0, 0.05) is 21.5 Å². The van der Waals surface area contributed by atoms with Crippen LogP contribution >= 0.6 is 27.7 Å². The van der Waals surface area contributed by atoms with E-state index in [0.717, 1.165) is 15.2 Å². The Morgan fingerprint density at radius 1 is 1.40 bits per heavy atom. The van der Waals surface area contributed by atoms with E-state index in [4.69, 9.17) is 0 Å². The second-order valence-electron chi connectivity index (χ2n) is 4.52. The van der Waals surface area contributed by atoms with E-state index in [-0.39, 0.29) is 11.9 Å². The first kappa shape index (κ1) is 15.1. The van der Waals surface area contributed by atoms with E-state index in [9.17, 15) is 4.79 Å². The maximum Gasteiger partial charge on any atom is 0.235 e. The molecule has 1 heterocycles. The minimum Gasteiger partial charge on any atom is -0.310 e. The summed E-state index contributed by atoms with van der Waals surface area (Å²) in [6.07, 6.45) is 1.69. The number of anilines is 1. The predicted molar refractivity (Wildman–Crippen MR) is 86.1 cm³/mol. The van der Waals surface area contributed by atoms with Crippen LogP contribution in [0.1, 0.15) is 19.9 Å². The van der Waals surface area contributed by atoms with Gasteiger partial charge in [-0.05, 0) is 41.9 Å². The standard InChI is InChI=1S/C14H16BrN3OS/c1-10(2)18-13(7-8-16-18)17-14(19)9-20-12-6-4-3-5-11(12)15/h3-8,10H,9H2,1-2H3,(H,17,19). The second kappa shape index (κ2) is 6.95. The van der Waals surface area contributed by atoms with Crippen LogP contribution < -0.4 is 5.32 Å². The minimum absolute atomic E-state index is 0.0341. The zero-order valence-electron chi connectivity index (χ0n) is 11.3. The third-order valence-electron chi connectivity index (χ3n) is 2.62. The molecule has 20 heavy (non-hydrogen) atoms. The van der Waals surface area contributed by atoms with Crippen LogP contribution in [-0.2, 0) is 4.79 Å². The lowest BCUT2D eigenvalue weighted by atomic mass is 10.4. The monoisotopic (exact) mass is 353 g/mol. The molecule has 0 unspecified atom stereocenters. The highest BCUT2D eigenvalue weighted by Crippen LogP contribution is 2.27. The molecule has 0 spiro atoms. The lowest BCUT2D eigenvalue weighted by molar-refractivity contribution is -0.113. The zero-order valence-corrected chi connectivity index (χ0v) is 13.7. The quantitative estimate of drug-likeness (QED) is 0.827. The smallest absolute Gasteiger partial charge is 0.235 e. The lowest BCUT2D eigenvalue weighted by Crippen LogP contribution is -2.18. The molecule has 106 valence electrons. The molecule has 1 aromatic carbocycles. The van der Waals surface area contributed by atoms with Gasteiger partial charge in [-0.15, -0.1) is 11.8 Å². The number of amides is 1. The van der Waals surface area contributed by atoms with Crippen molar-refractivity contribution in [3.8, 4) is 0 Å². The Hall–Kier alpha value is -1.27. The van der Waals surface area contributed by atoms with Crippen LogP contribution in [0, 0.1) is 0 Å². The molecule has 2 aromatic rings. The molecular weight excluding hydrogens is 338 g/mol. The number of nitrogens with one attached hydrogen (secondary N) is 1. The van der Waals surface area contributed by atoms with Crippen LogP contribution in [0.5, 0.6) is 0 Å². The Bertz CT molecular complexity index is 598. The van der Waals surface area contributed by atoms with Gasteiger partial charge in [-0.25, -0.2) is 4.68 Å². The van der Waals surface area contributed by atoms with Crippen LogP contribution in [0.3, 0.4) is 0 Å². The van der Waals surface area contributed by atoms with Crippen molar-refractivity contribution in [2.75, 3.05) is 11.1 Å². The van der Waals surface area contributed by atoms with E-state index in [0.29, 0.717) is 5.75 Å². The lowest BCUT2D eigenvalue weighted by Gasteiger charge is -2.11.